The predicted octanol–water partition coefficient (Wildman–Crippen LogP) is 0.738. The van der Waals surface area contributed by atoms with E-state index in [1.807, 2.05) is 0 Å². The highest BCUT2D eigenvalue weighted by atomic mass is 35.5. The van der Waals surface area contributed by atoms with Gasteiger partial charge in [0.15, 0.2) is 0 Å². The maximum atomic E-state index is 13.9. The number of nitrogens with zero attached hydrogens (tertiary/aromatic N) is 1. The van der Waals surface area contributed by atoms with E-state index in [2.05, 4.69) is 5.32 Å². The number of carbonyl (C=O) groups is 5. The number of hydrogen-bond donors (Lipinski definition) is 3. The number of primary amides is 1. The van der Waals surface area contributed by atoms with Crippen molar-refractivity contribution in [1.82, 2.24) is 0 Å². The Bertz CT molecular complexity index is 1340. The molecule has 11 heteroatoms. The van der Waals surface area contributed by atoms with Crippen molar-refractivity contribution in [2.75, 3.05) is 10.2 Å². The van der Waals surface area contributed by atoms with Crippen LogP contribution in [0.3, 0.4) is 0 Å². The molecule has 4 amide bonds. The van der Waals surface area contributed by atoms with Crippen LogP contribution in [0.15, 0.2) is 36.4 Å². The van der Waals surface area contributed by atoms with Crippen LogP contribution >= 0.6 is 11.6 Å². The number of amides is 4. The lowest BCUT2D eigenvalue weighted by atomic mass is 9.76. The van der Waals surface area contributed by atoms with Crippen LogP contribution in [-0.2, 0) is 29.5 Å². The van der Waals surface area contributed by atoms with Crippen LogP contribution in [0, 0.1) is 18.8 Å². The van der Waals surface area contributed by atoms with Crippen LogP contribution in [0.25, 0.3) is 0 Å². The van der Waals surface area contributed by atoms with Gasteiger partial charge < -0.3 is 21.1 Å². The average molecular weight is 512 g/mol. The van der Waals surface area contributed by atoms with Gasteiger partial charge in [-0.3, -0.25) is 24.0 Å². The number of ether oxygens (including phenoxy) is 1. The molecule has 186 valence electrons. The van der Waals surface area contributed by atoms with Crippen molar-refractivity contribution in [2.24, 2.45) is 17.6 Å². The highest BCUT2D eigenvalue weighted by Crippen LogP contribution is 2.51. The van der Waals surface area contributed by atoms with Crippen molar-refractivity contribution >= 4 is 52.6 Å². The summed E-state index contributed by atoms with van der Waals surface area (Å²) in [6.45, 7) is 3.04. The molecular weight excluding hydrogens is 488 g/mol. The molecule has 36 heavy (non-hydrogen) atoms. The topological polar surface area (TPSA) is 152 Å². The lowest BCUT2D eigenvalue weighted by molar-refractivity contribution is -0.733. The summed E-state index contributed by atoms with van der Waals surface area (Å²) in [6.07, 6.45) is 0.235. The summed E-state index contributed by atoms with van der Waals surface area (Å²) >= 11 is 6.29. The molecule has 2 fully saturated rings. The first-order chi connectivity index (χ1) is 17.1. The van der Waals surface area contributed by atoms with E-state index in [9.17, 15) is 24.0 Å². The van der Waals surface area contributed by atoms with Gasteiger partial charge in [0.25, 0.3) is 5.91 Å². The van der Waals surface area contributed by atoms with Crippen LogP contribution in [0.2, 0.25) is 5.02 Å². The van der Waals surface area contributed by atoms with Crippen LogP contribution < -0.4 is 26.0 Å². The Hall–Kier alpha value is -3.76. The third kappa shape index (κ3) is 3.40. The van der Waals surface area contributed by atoms with Gasteiger partial charge in [-0.15, -0.1) is 0 Å². The summed E-state index contributed by atoms with van der Waals surface area (Å²) in [6, 6.07) is 8.84. The number of nitrogens with two attached hydrogens (primary N) is 2. The number of anilines is 2. The van der Waals surface area contributed by atoms with Crippen LogP contribution in [0.5, 0.6) is 5.75 Å². The zero-order chi connectivity index (χ0) is 25.9. The van der Waals surface area contributed by atoms with Crippen molar-refractivity contribution in [3.05, 3.63) is 52.5 Å². The Morgan fingerprint density at radius 2 is 1.83 bits per heavy atom. The molecule has 0 unspecified atom stereocenters. The molecule has 3 aliphatic heterocycles. The summed E-state index contributed by atoms with van der Waals surface area (Å²) in [5.41, 5.74) is 6.06. The Morgan fingerprint density at radius 3 is 2.47 bits per heavy atom. The zero-order valence-corrected chi connectivity index (χ0v) is 20.3. The number of nitrogens with one attached hydrogen (secondary N) is 1. The monoisotopic (exact) mass is 511 g/mol. The molecule has 10 nitrogen and oxygen atoms in total. The number of esters is 1. The number of rotatable bonds is 5. The Kier molecular flexibility index (Phi) is 5.60. The highest BCUT2D eigenvalue weighted by molar-refractivity contribution is 6.32. The number of quaternary nitrogens is 1. The van der Waals surface area contributed by atoms with Crippen LogP contribution in [0.1, 0.15) is 30.9 Å². The Balaban J connectivity index is 1.60. The van der Waals surface area contributed by atoms with Gasteiger partial charge in [0.2, 0.25) is 23.3 Å². The second-order valence-corrected chi connectivity index (χ2v) is 9.76. The molecule has 5 N–H and O–H groups in total. The fourth-order valence-corrected chi connectivity index (χ4v) is 5.96. The summed E-state index contributed by atoms with van der Waals surface area (Å²) < 4.78 is 5.04. The van der Waals surface area contributed by atoms with Gasteiger partial charge in [-0.25, -0.2) is 4.90 Å². The normalized spacial score (nSPS) is 26.2. The van der Waals surface area contributed by atoms with Gasteiger partial charge in [0.1, 0.15) is 23.6 Å². The van der Waals surface area contributed by atoms with Gasteiger partial charge in [-0.1, -0.05) is 11.6 Å². The molecule has 0 bridgehead atoms. The van der Waals surface area contributed by atoms with E-state index in [1.54, 1.807) is 24.4 Å². The van der Waals surface area contributed by atoms with E-state index >= 15 is 0 Å². The number of benzene rings is 2. The quantitative estimate of drug-likeness (QED) is 0.306. The molecule has 1 spiro atoms. The van der Waals surface area contributed by atoms with E-state index in [-0.39, 0.29) is 18.6 Å². The maximum Gasteiger partial charge on any atom is 0.308 e. The van der Waals surface area contributed by atoms with Gasteiger partial charge in [0, 0.05) is 30.4 Å². The summed E-state index contributed by atoms with van der Waals surface area (Å²) in [7, 11) is 0. The first kappa shape index (κ1) is 24.0. The summed E-state index contributed by atoms with van der Waals surface area (Å²) in [4.78, 5) is 65.1. The smallest absolute Gasteiger partial charge is 0.308 e. The summed E-state index contributed by atoms with van der Waals surface area (Å²) in [5.74, 6) is -4.00. The molecule has 0 aromatic heterocycles. The number of fused-ring (bicyclic) bond motifs is 4. The maximum absolute atomic E-state index is 13.9. The van der Waals surface area contributed by atoms with Crippen molar-refractivity contribution in [2.45, 2.75) is 38.3 Å². The molecule has 3 aliphatic rings. The fraction of sp³-hybridized carbons (Fsp3) is 0.320. The lowest BCUT2D eigenvalue weighted by Crippen LogP contribution is -2.99. The van der Waals surface area contributed by atoms with E-state index in [0.29, 0.717) is 27.5 Å². The predicted molar refractivity (Wildman–Crippen MR) is 128 cm³/mol. The summed E-state index contributed by atoms with van der Waals surface area (Å²) in [5, 5.41) is 5.09. The first-order valence-corrected chi connectivity index (χ1v) is 11.9. The highest BCUT2D eigenvalue weighted by Gasteiger charge is 2.74. The second-order valence-electron chi connectivity index (χ2n) is 9.36. The molecule has 4 atom stereocenters. The van der Waals surface area contributed by atoms with Gasteiger partial charge in [-0.2, -0.15) is 0 Å². The number of imide groups is 1. The standard InChI is InChI=1S/C25H23ClN4O6/c1-11-16(26)8-7-15-21(11)28-24(35)25(15)20-19(17(29-25)9-10-18(27)32)22(33)30(23(20)34)13-3-5-14(6-4-13)36-12(2)31/h3-8,17,19-20,29H,9-10H2,1-2H3,(H2,27,32)(H,28,35)/p+1/t17-,19-,20+,25-/m1/s1. The van der Waals surface area contributed by atoms with E-state index in [4.69, 9.17) is 22.1 Å². The molecule has 2 aromatic carbocycles. The Morgan fingerprint density at radius 1 is 1.14 bits per heavy atom. The van der Waals surface area contributed by atoms with E-state index < -0.39 is 53.0 Å². The van der Waals surface area contributed by atoms with Gasteiger partial charge in [-0.05, 0) is 48.9 Å². The minimum Gasteiger partial charge on any atom is -0.427 e. The van der Waals surface area contributed by atoms with Crippen LogP contribution in [0.4, 0.5) is 11.4 Å². The minimum absolute atomic E-state index is 0.00708. The fourth-order valence-electron chi connectivity index (χ4n) is 5.81. The number of carbonyl (C=O) groups excluding carboxylic acids is 5. The second kappa shape index (κ2) is 8.42. The molecule has 5 rings (SSSR count). The SMILES string of the molecule is CC(=O)Oc1ccc(N2C(=O)[C@H]3[C@@H](C2=O)[C@@]2([NH2+][C@@H]3CCC(N)=O)C(=O)Nc3c2ccc(Cl)c3C)cc1. The van der Waals surface area contributed by atoms with Crippen molar-refractivity contribution in [3.8, 4) is 5.75 Å². The Labute approximate surface area is 211 Å². The number of halogens is 1. The molecule has 0 aliphatic carbocycles. The van der Waals surface area contributed by atoms with Crippen molar-refractivity contribution < 1.29 is 34.0 Å². The molecule has 0 radical (unpaired) electrons. The minimum atomic E-state index is -1.39. The largest absolute Gasteiger partial charge is 0.427 e. The third-order valence-electron chi connectivity index (χ3n) is 7.32. The van der Waals surface area contributed by atoms with Crippen molar-refractivity contribution in [3.63, 3.8) is 0 Å². The lowest BCUT2D eigenvalue weighted by Gasteiger charge is -2.26. The first-order valence-electron chi connectivity index (χ1n) is 11.5. The van der Waals surface area contributed by atoms with E-state index in [1.165, 1.54) is 31.2 Å². The zero-order valence-electron chi connectivity index (χ0n) is 19.5. The third-order valence-corrected chi connectivity index (χ3v) is 7.73. The van der Waals surface area contributed by atoms with Gasteiger partial charge in [0.05, 0.1) is 11.4 Å². The van der Waals surface area contributed by atoms with Gasteiger partial charge >= 0.3 is 5.97 Å². The van der Waals surface area contributed by atoms with Crippen LogP contribution in [-0.4, -0.2) is 35.6 Å². The molecular formula is C25H24ClN4O6+. The van der Waals surface area contributed by atoms with E-state index in [0.717, 1.165) is 4.90 Å². The number of hydrogen-bond acceptors (Lipinski definition) is 6. The molecule has 3 heterocycles. The molecule has 2 aromatic rings. The molecule has 0 saturated carbocycles. The molecule has 2 saturated heterocycles. The average Bonchev–Trinajstić information content (AvgIpc) is 3.40. The van der Waals surface area contributed by atoms with Crippen molar-refractivity contribution in [1.29, 1.82) is 0 Å².